The molecule has 0 saturated carbocycles. The van der Waals surface area contributed by atoms with Gasteiger partial charge >= 0.3 is 5.97 Å². The van der Waals surface area contributed by atoms with Crippen molar-refractivity contribution in [1.82, 2.24) is 4.90 Å². The van der Waals surface area contributed by atoms with Gasteiger partial charge in [0.05, 0.1) is 0 Å². The van der Waals surface area contributed by atoms with Gasteiger partial charge in [0, 0.05) is 25.3 Å². The average Bonchev–Trinajstić information content (AvgIpc) is 2.77. The van der Waals surface area contributed by atoms with E-state index < -0.39 is 12.0 Å². The molecule has 1 aliphatic heterocycles. The average molecular weight is 273 g/mol. The van der Waals surface area contributed by atoms with Crippen molar-refractivity contribution in [3.05, 3.63) is 48.0 Å². The van der Waals surface area contributed by atoms with Crippen LogP contribution in [-0.4, -0.2) is 34.5 Å². The van der Waals surface area contributed by atoms with E-state index in [1.165, 1.54) is 4.90 Å². The molecule has 1 unspecified atom stereocenters. The Morgan fingerprint density at radius 2 is 2.35 bits per heavy atom. The molecular weight excluding hydrogens is 254 g/mol. The minimum atomic E-state index is -0.954. The summed E-state index contributed by atoms with van der Waals surface area (Å²) in [5, 5.41) is 9.42. The van der Waals surface area contributed by atoms with Gasteiger partial charge in [0.25, 0.3) is 0 Å². The lowest BCUT2D eigenvalue weighted by Gasteiger charge is -2.24. The summed E-state index contributed by atoms with van der Waals surface area (Å²) in [6.07, 6.45) is 2.43. The lowest BCUT2D eigenvalue weighted by atomic mass is 10.0. The Bertz CT molecular complexity index is 538. The topological polar surface area (TPSA) is 57.6 Å². The summed E-state index contributed by atoms with van der Waals surface area (Å²) in [7, 11) is 0. The molecule has 0 aromatic heterocycles. The van der Waals surface area contributed by atoms with E-state index in [0.717, 1.165) is 11.1 Å². The second-order valence-electron chi connectivity index (χ2n) is 5.29. The highest BCUT2D eigenvalue weighted by Crippen LogP contribution is 2.23. The van der Waals surface area contributed by atoms with Crippen molar-refractivity contribution in [2.45, 2.75) is 25.8 Å². The zero-order valence-electron chi connectivity index (χ0n) is 11.6. The fourth-order valence-corrected chi connectivity index (χ4v) is 2.61. The van der Waals surface area contributed by atoms with Gasteiger partial charge in [-0.2, -0.15) is 0 Å². The number of aryl methyl sites for hydroxylation is 1. The molecule has 0 bridgehead atoms. The van der Waals surface area contributed by atoms with Gasteiger partial charge in [0.1, 0.15) is 6.04 Å². The number of likely N-dealkylation sites (tertiary alicyclic amines) is 1. The van der Waals surface area contributed by atoms with Gasteiger partial charge in [0.2, 0.25) is 5.91 Å². The zero-order chi connectivity index (χ0) is 14.7. The lowest BCUT2D eigenvalue weighted by molar-refractivity contribution is -0.148. The molecule has 106 valence electrons. The van der Waals surface area contributed by atoms with E-state index in [9.17, 15) is 14.7 Å². The van der Waals surface area contributed by atoms with Crippen LogP contribution >= 0.6 is 0 Å². The molecule has 1 aliphatic rings. The first-order valence-electron chi connectivity index (χ1n) is 6.71. The van der Waals surface area contributed by atoms with Crippen molar-refractivity contribution < 1.29 is 14.7 Å². The smallest absolute Gasteiger partial charge is 0.326 e. The minimum Gasteiger partial charge on any atom is -0.480 e. The molecule has 1 N–H and O–H groups in total. The molecule has 4 heteroatoms. The largest absolute Gasteiger partial charge is 0.480 e. The van der Waals surface area contributed by atoms with Gasteiger partial charge in [-0.05, 0) is 12.5 Å². The molecule has 0 spiro atoms. The minimum absolute atomic E-state index is 0.0573. The first kappa shape index (κ1) is 14.3. The second-order valence-corrected chi connectivity index (χ2v) is 5.29. The van der Waals surface area contributed by atoms with E-state index in [-0.39, 0.29) is 11.8 Å². The molecule has 20 heavy (non-hydrogen) atoms. The quantitative estimate of drug-likeness (QED) is 0.835. The predicted molar refractivity (Wildman–Crippen MR) is 76.3 cm³/mol. The number of nitrogens with zero attached hydrogens (tertiary/aromatic N) is 1. The van der Waals surface area contributed by atoms with E-state index in [2.05, 4.69) is 6.58 Å². The number of carboxylic acids is 1. The molecular formula is C16H19NO3. The van der Waals surface area contributed by atoms with Gasteiger partial charge < -0.3 is 10.0 Å². The number of hydrogen-bond acceptors (Lipinski definition) is 2. The Balaban J connectivity index is 2.18. The Morgan fingerprint density at radius 3 is 2.90 bits per heavy atom. The monoisotopic (exact) mass is 273 g/mol. The first-order chi connectivity index (χ1) is 9.51. The van der Waals surface area contributed by atoms with Crippen LogP contribution in [-0.2, 0) is 16.0 Å². The van der Waals surface area contributed by atoms with Crippen LogP contribution in [0.25, 0.3) is 0 Å². The van der Waals surface area contributed by atoms with Crippen LogP contribution in [0.1, 0.15) is 17.5 Å². The fourth-order valence-electron chi connectivity index (χ4n) is 2.61. The summed E-state index contributed by atoms with van der Waals surface area (Å²) in [4.78, 5) is 24.9. The van der Waals surface area contributed by atoms with Gasteiger partial charge in [-0.3, -0.25) is 4.79 Å². The van der Waals surface area contributed by atoms with Crippen molar-refractivity contribution in [1.29, 1.82) is 0 Å². The maximum absolute atomic E-state index is 12.0. The van der Waals surface area contributed by atoms with E-state index in [4.69, 9.17) is 0 Å². The van der Waals surface area contributed by atoms with Crippen molar-refractivity contribution >= 4 is 11.9 Å². The summed E-state index contributed by atoms with van der Waals surface area (Å²) < 4.78 is 0. The molecule has 1 heterocycles. The first-order valence-corrected chi connectivity index (χ1v) is 6.71. The van der Waals surface area contributed by atoms with E-state index >= 15 is 0 Å². The number of benzene rings is 1. The molecule has 1 saturated heterocycles. The third-order valence-electron chi connectivity index (χ3n) is 3.69. The Hall–Kier alpha value is -2.10. The van der Waals surface area contributed by atoms with Crippen LogP contribution < -0.4 is 0 Å². The maximum atomic E-state index is 12.0. The van der Waals surface area contributed by atoms with Gasteiger partial charge in [-0.15, -0.1) is 6.58 Å². The van der Waals surface area contributed by atoms with Crippen LogP contribution in [0, 0.1) is 12.8 Å². The highest BCUT2D eigenvalue weighted by atomic mass is 16.4. The van der Waals surface area contributed by atoms with Crippen LogP contribution in [0.4, 0.5) is 0 Å². The number of amides is 1. The summed E-state index contributed by atoms with van der Waals surface area (Å²) in [6.45, 7) is 6.10. The summed E-state index contributed by atoms with van der Waals surface area (Å²) in [5.74, 6) is -0.999. The standard InChI is InChI=1S/C16H19NO3/c1-3-12-9-15(18)17(10-12)14(16(19)20)8-13-6-4-5-11(2)7-13/h3-7,12,14H,1,8-10H2,2H3,(H,19,20)/t12?,14-/m0/s1. The number of carbonyl (C=O) groups excluding carboxylic acids is 1. The summed E-state index contributed by atoms with van der Waals surface area (Å²) >= 11 is 0. The predicted octanol–water partition coefficient (Wildman–Crippen LogP) is 2.03. The third kappa shape index (κ3) is 3.07. The van der Waals surface area contributed by atoms with Crippen molar-refractivity contribution in [2.24, 2.45) is 5.92 Å². The Labute approximate surface area is 118 Å². The van der Waals surface area contributed by atoms with E-state index in [0.29, 0.717) is 19.4 Å². The number of carbonyl (C=O) groups is 2. The zero-order valence-corrected chi connectivity index (χ0v) is 11.6. The second kappa shape index (κ2) is 5.90. The molecule has 1 amide bonds. The SMILES string of the molecule is C=CC1CC(=O)N([C@@H](Cc2cccc(C)c2)C(=O)O)C1. The highest BCUT2D eigenvalue weighted by Gasteiger charge is 2.36. The fraction of sp³-hybridized carbons (Fsp3) is 0.375. The third-order valence-corrected chi connectivity index (χ3v) is 3.69. The molecule has 2 atom stereocenters. The van der Waals surface area contributed by atoms with Crippen molar-refractivity contribution in [3.63, 3.8) is 0 Å². The lowest BCUT2D eigenvalue weighted by Crippen LogP contribution is -2.43. The van der Waals surface area contributed by atoms with Gasteiger partial charge in [0.15, 0.2) is 0 Å². The maximum Gasteiger partial charge on any atom is 0.326 e. The molecule has 0 radical (unpaired) electrons. The van der Waals surface area contributed by atoms with Crippen molar-refractivity contribution in [2.75, 3.05) is 6.54 Å². The Kier molecular flexibility index (Phi) is 4.23. The molecule has 1 fully saturated rings. The van der Waals surface area contributed by atoms with Crippen molar-refractivity contribution in [3.8, 4) is 0 Å². The highest BCUT2D eigenvalue weighted by molar-refractivity contribution is 5.85. The Morgan fingerprint density at radius 1 is 1.60 bits per heavy atom. The normalized spacial score (nSPS) is 19.9. The number of hydrogen-bond donors (Lipinski definition) is 1. The molecule has 1 aromatic carbocycles. The molecule has 0 aliphatic carbocycles. The van der Waals surface area contributed by atoms with Crippen LogP contribution in [0.2, 0.25) is 0 Å². The number of carboxylic acid groups (broad SMARTS) is 1. The van der Waals surface area contributed by atoms with Crippen LogP contribution in [0.5, 0.6) is 0 Å². The molecule has 2 rings (SSSR count). The van der Waals surface area contributed by atoms with Gasteiger partial charge in [-0.1, -0.05) is 35.9 Å². The summed E-state index contributed by atoms with van der Waals surface area (Å²) in [5.41, 5.74) is 2.02. The van der Waals surface area contributed by atoms with Crippen LogP contribution in [0.15, 0.2) is 36.9 Å². The number of rotatable bonds is 5. The molecule has 4 nitrogen and oxygen atoms in total. The number of aliphatic carboxylic acids is 1. The molecule has 1 aromatic rings. The van der Waals surface area contributed by atoms with Crippen LogP contribution in [0.3, 0.4) is 0 Å². The van der Waals surface area contributed by atoms with Gasteiger partial charge in [-0.25, -0.2) is 4.79 Å². The van der Waals surface area contributed by atoms with E-state index in [1.54, 1.807) is 6.08 Å². The summed E-state index contributed by atoms with van der Waals surface area (Å²) in [6, 6.07) is 6.93. The van der Waals surface area contributed by atoms with E-state index in [1.807, 2.05) is 31.2 Å².